The molecule has 0 spiro atoms. The van der Waals surface area contributed by atoms with Crippen LogP contribution >= 0.6 is 24.8 Å². The summed E-state index contributed by atoms with van der Waals surface area (Å²) in [5.74, 6) is 1.17. The topological polar surface area (TPSA) is 71.2 Å². The summed E-state index contributed by atoms with van der Waals surface area (Å²) in [6, 6.07) is 3.37. The van der Waals surface area contributed by atoms with Gasteiger partial charge in [0.1, 0.15) is 5.82 Å². The highest BCUT2D eigenvalue weighted by Crippen LogP contribution is 2.14. The number of nitrogens with zero attached hydrogens (tertiary/aromatic N) is 2. The van der Waals surface area contributed by atoms with E-state index in [-0.39, 0.29) is 30.7 Å². The van der Waals surface area contributed by atoms with Gasteiger partial charge >= 0.3 is 0 Å². The Kier molecular flexibility index (Phi) is 11.3. The maximum atomic E-state index is 11.9. The standard InChI is InChI=1S/C14H24N4O.2ClH/c1-10(2)8-12(15)14(19)17-9-11-6-5-7-16-13(11)18(3)4;;/h5-7,10,12H,8-9,15H2,1-4H3,(H,17,19);2*1H/t12-;;/m0../s1. The summed E-state index contributed by atoms with van der Waals surface area (Å²) < 4.78 is 0. The number of halogens is 2. The number of nitrogens with one attached hydrogen (secondary N) is 1. The lowest BCUT2D eigenvalue weighted by Crippen LogP contribution is -2.41. The van der Waals surface area contributed by atoms with Crippen LogP contribution in [0.5, 0.6) is 0 Å². The van der Waals surface area contributed by atoms with Crippen LogP contribution in [0.25, 0.3) is 0 Å². The number of anilines is 1. The molecule has 1 aromatic heterocycles. The largest absolute Gasteiger partial charge is 0.362 e. The zero-order chi connectivity index (χ0) is 14.4. The van der Waals surface area contributed by atoms with Gasteiger partial charge in [-0.3, -0.25) is 4.79 Å². The van der Waals surface area contributed by atoms with E-state index < -0.39 is 6.04 Å². The number of aromatic nitrogens is 1. The molecule has 1 heterocycles. The fraction of sp³-hybridized carbons (Fsp3) is 0.571. The molecule has 0 bridgehead atoms. The highest BCUT2D eigenvalue weighted by atomic mass is 35.5. The summed E-state index contributed by atoms with van der Waals surface area (Å²) in [4.78, 5) is 18.1. The van der Waals surface area contributed by atoms with E-state index in [0.29, 0.717) is 18.9 Å². The molecule has 0 radical (unpaired) electrons. The number of hydrogen-bond donors (Lipinski definition) is 2. The first-order valence-electron chi connectivity index (χ1n) is 6.56. The predicted molar refractivity (Wildman–Crippen MR) is 92.3 cm³/mol. The molecule has 1 rings (SSSR count). The van der Waals surface area contributed by atoms with Gasteiger partial charge in [-0.2, -0.15) is 0 Å². The van der Waals surface area contributed by atoms with Gasteiger partial charge in [-0.25, -0.2) is 4.98 Å². The summed E-state index contributed by atoms with van der Waals surface area (Å²) in [5.41, 5.74) is 6.83. The molecule has 0 unspecified atom stereocenters. The highest BCUT2D eigenvalue weighted by Gasteiger charge is 2.15. The summed E-state index contributed by atoms with van der Waals surface area (Å²) in [6.45, 7) is 4.56. The Balaban J connectivity index is 0. The van der Waals surface area contributed by atoms with Crippen LogP contribution in [0.3, 0.4) is 0 Å². The molecule has 122 valence electrons. The minimum absolute atomic E-state index is 0. The van der Waals surface area contributed by atoms with Crippen LogP contribution in [0.4, 0.5) is 5.82 Å². The molecule has 3 N–H and O–H groups in total. The van der Waals surface area contributed by atoms with E-state index in [1.807, 2.05) is 31.1 Å². The Morgan fingerprint density at radius 2 is 2.00 bits per heavy atom. The molecule has 1 amide bonds. The van der Waals surface area contributed by atoms with Crippen LogP contribution in [0, 0.1) is 5.92 Å². The van der Waals surface area contributed by atoms with Crippen molar-refractivity contribution in [2.45, 2.75) is 32.9 Å². The second-order valence-electron chi connectivity index (χ2n) is 5.33. The van der Waals surface area contributed by atoms with Crippen molar-refractivity contribution in [2.24, 2.45) is 11.7 Å². The molecule has 0 fully saturated rings. The van der Waals surface area contributed by atoms with Crippen LogP contribution < -0.4 is 16.0 Å². The molecule has 7 heteroatoms. The number of pyridine rings is 1. The fourth-order valence-electron chi connectivity index (χ4n) is 1.90. The summed E-state index contributed by atoms with van der Waals surface area (Å²) >= 11 is 0. The second-order valence-corrected chi connectivity index (χ2v) is 5.33. The molecule has 0 aliphatic heterocycles. The van der Waals surface area contributed by atoms with Crippen molar-refractivity contribution in [1.82, 2.24) is 10.3 Å². The maximum absolute atomic E-state index is 11.9. The third-order valence-corrected chi connectivity index (χ3v) is 2.81. The Morgan fingerprint density at radius 3 is 2.52 bits per heavy atom. The maximum Gasteiger partial charge on any atom is 0.237 e. The van der Waals surface area contributed by atoms with Gasteiger partial charge in [0, 0.05) is 32.4 Å². The Hall–Kier alpha value is -1.04. The molecular weight excluding hydrogens is 311 g/mol. The first kappa shape index (κ1) is 22.2. The van der Waals surface area contributed by atoms with Crippen molar-refractivity contribution >= 4 is 36.5 Å². The normalized spacial score (nSPS) is 11.1. The quantitative estimate of drug-likeness (QED) is 0.833. The summed E-state index contributed by atoms with van der Waals surface area (Å²) in [5, 5.41) is 2.87. The molecule has 21 heavy (non-hydrogen) atoms. The summed E-state index contributed by atoms with van der Waals surface area (Å²) in [6.07, 6.45) is 2.44. The third-order valence-electron chi connectivity index (χ3n) is 2.81. The van der Waals surface area contributed by atoms with E-state index in [0.717, 1.165) is 11.4 Å². The average Bonchev–Trinajstić information content (AvgIpc) is 2.35. The van der Waals surface area contributed by atoms with Gasteiger partial charge in [-0.15, -0.1) is 24.8 Å². The zero-order valence-corrected chi connectivity index (χ0v) is 14.6. The molecule has 0 aromatic carbocycles. The molecule has 0 saturated carbocycles. The van der Waals surface area contributed by atoms with Gasteiger partial charge < -0.3 is 16.0 Å². The number of carbonyl (C=O) groups is 1. The molecule has 0 saturated heterocycles. The van der Waals surface area contributed by atoms with Crippen molar-refractivity contribution in [1.29, 1.82) is 0 Å². The number of carbonyl (C=O) groups excluding carboxylic acids is 1. The van der Waals surface area contributed by atoms with Gasteiger partial charge in [0.25, 0.3) is 0 Å². The number of hydrogen-bond acceptors (Lipinski definition) is 4. The fourth-order valence-corrected chi connectivity index (χ4v) is 1.90. The van der Waals surface area contributed by atoms with E-state index in [1.165, 1.54) is 0 Å². The molecule has 0 aliphatic rings. The molecule has 0 aliphatic carbocycles. The lowest BCUT2D eigenvalue weighted by molar-refractivity contribution is -0.122. The number of amides is 1. The zero-order valence-electron chi connectivity index (χ0n) is 13.0. The van der Waals surface area contributed by atoms with Crippen LogP contribution in [0.1, 0.15) is 25.8 Å². The van der Waals surface area contributed by atoms with Crippen LogP contribution in [0.2, 0.25) is 0 Å². The highest BCUT2D eigenvalue weighted by molar-refractivity contribution is 5.85. The van der Waals surface area contributed by atoms with Crippen LogP contribution in [-0.2, 0) is 11.3 Å². The molecule has 5 nitrogen and oxygen atoms in total. The molecule has 1 aromatic rings. The minimum Gasteiger partial charge on any atom is -0.362 e. The van der Waals surface area contributed by atoms with Gasteiger partial charge in [-0.05, 0) is 18.4 Å². The Bertz CT molecular complexity index is 427. The number of rotatable bonds is 6. The summed E-state index contributed by atoms with van der Waals surface area (Å²) in [7, 11) is 3.86. The SMILES string of the molecule is CC(C)C[C@H](N)C(=O)NCc1cccnc1N(C)C.Cl.Cl. The van der Waals surface area contributed by atoms with E-state index in [1.54, 1.807) is 6.20 Å². The minimum atomic E-state index is -0.445. The smallest absolute Gasteiger partial charge is 0.237 e. The third kappa shape index (κ3) is 7.50. The van der Waals surface area contributed by atoms with Gasteiger partial charge in [0.05, 0.1) is 6.04 Å². The van der Waals surface area contributed by atoms with Crippen molar-refractivity contribution in [3.63, 3.8) is 0 Å². The van der Waals surface area contributed by atoms with E-state index in [4.69, 9.17) is 5.73 Å². The van der Waals surface area contributed by atoms with Gasteiger partial charge in [-0.1, -0.05) is 19.9 Å². The van der Waals surface area contributed by atoms with E-state index in [2.05, 4.69) is 24.1 Å². The lowest BCUT2D eigenvalue weighted by Gasteiger charge is -2.18. The van der Waals surface area contributed by atoms with Crippen molar-refractivity contribution in [3.8, 4) is 0 Å². The second kappa shape index (κ2) is 10.7. The lowest BCUT2D eigenvalue weighted by atomic mass is 10.0. The molecule has 1 atom stereocenters. The Morgan fingerprint density at radius 1 is 1.38 bits per heavy atom. The van der Waals surface area contributed by atoms with Crippen molar-refractivity contribution < 1.29 is 4.79 Å². The average molecular weight is 337 g/mol. The van der Waals surface area contributed by atoms with Gasteiger partial charge in [0.15, 0.2) is 0 Å². The predicted octanol–water partition coefficient (Wildman–Crippen LogP) is 1.98. The first-order chi connectivity index (χ1) is 8.91. The van der Waals surface area contributed by atoms with Crippen molar-refractivity contribution in [2.75, 3.05) is 19.0 Å². The first-order valence-corrected chi connectivity index (χ1v) is 6.56. The monoisotopic (exact) mass is 336 g/mol. The molecular formula is C14H26Cl2N4O. The van der Waals surface area contributed by atoms with Crippen molar-refractivity contribution in [3.05, 3.63) is 23.9 Å². The van der Waals surface area contributed by atoms with Gasteiger partial charge in [0.2, 0.25) is 5.91 Å². The van der Waals surface area contributed by atoms with E-state index >= 15 is 0 Å². The Labute approximate surface area is 139 Å². The number of nitrogens with two attached hydrogens (primary N) is 1. The van der Waals surface area contributed by atoms with Crippen LogP contribution in [-0.4, -0.2) is 31.0 Å². The van der Waals surface area contributed by atoms with E-state index in [9.17, 15) is 4.79 Å². The van der Waals surface area contributed by atoms with Crippen LogP contribution in [0.15, 0.2) is 18.3 Å².